The minimum atomic E-state index is 0.144. The fourth-order valence-corrected chi connectivity index (χ4v) is 2.24. The molecule has 1 heterocycles. The van der Waals surface area contributed by atoms with Gasteiger partial charge in [-0.05, 0) is 24.3 Å². The van der Waals surface area contributed by atoms with Crippen LogP contribution >= 0.6 is 0 Å². The Labute approximate surface area is 85.8 Å². The second-order valence-corrected chi connectivity index (χ2v) is 5.27. The molecule has 0 spiro atoms. The molecule has 0 aromatic carbocycles. The summed E-state index contributed by atoms with van der Waals surface area (Å²) in [5.41, 5.74) is 4.08. The molecule has 76 valence electrons. The average Bonchev–Trinajstić information content (AvgIpc) is 2.46. The highest BCUT2D eigenvalue weighted by Crippen LogP contribution is 2.37. The lowest BCUT2D eigenvalue weighted by molar-refractivity contribution is 0.552. The molecule has 2 nitrogen and oxygen atoms in total. The minimum Gasteiger partial charge on any atom is -0.241 e. The van der Waals surface area contributed by atoms with Gasteiger partial charge >= 0.3 is 0 Å². The predicted molar refractivity (Wildman–Crippen MR) is 57.5 cm³/mol. The van der Waals surface area contributed by atoms with Crippen LogP contribution in [0, 0.1) is 0 Å². The third-order valence-electron chi connectivity index (χ3n) is 2.98. The third-order valence-corrected chi connectivity index (χ3v) is 2.98. The van der Waals surface area contributed by atoms with E-state index in [1.165, 1.54) is 23.4 Å². The van der Waals surface area contributed by atoms with E-state index < -0.39 is 0 Å². The first-order valence-corrected chi connectivity index (χ1v) is 5.34. The topological polar surface area (TPSA) is 25.8 Å². The summed E-state index contributed by atoms with van der Waals surface area (Å²) in [6.07, 6.45) is 4.08. The van der Waals surface area contributed by atoms with Crippen LogP contribution in [0.1, 0.15) is 57.0 Å². The van der Waals surface area contributed by atoms with Gasteiger partial charge in [-0.2, -0.15) is 0 Å². The van der Waals surface area contributed by atoms with Gasteiger partial charge in [0, 0.05) is 11.1 Å². The summed E-state index contributed by atoms with van der Waals surface area (Å²) in [6.45, 7) is 8.95. The SMILES string of the molecule is C[C@H]1CCc2ncnc(C(C)(C)C)c21. The molecule has 0 radical (unpaired) electrons. The Kier molecular flexibility index (Phi) is 2.09. The monoisotopic (exact) mass is 190 g/mol. The first-order chi connectivity index (χ1) is 6.50. The Bertz CT molecular complexity index is 350. The van der Waals surface area contributed by atoms with Crippen LogP contribution in [0.25, 0.3) is 0 Å². The minimum absolute atomic E-state index is 0.144. The number of aryl methyl sites for hydroxylation is 1. The molecule has 0 saturated heterocycles. The molecule has 1 aromatic rings. The summed E-state index contributed by atoms with van der Waals surface area (Å²) >= 11 is 0. The summed E-state index contributed by atoms with van der Waals surface area (Å²) in [6, 6.07) is 0. The fraction of sp³-hybridized carbons (Fsp3) is 0.667. The van der Waals surface area contributed by atoms with Gasteiger partial charge in [-0.1, -0.05) is 27.7 Å². The molecule has 1 aliphatic carbocycles. The van der Waals surface area contributed by atoms with Crippen molar-refractivity contribution in [2.45, 2.75) is 51.9 Å². The third kappa shape index (κ3) is 1.43. The van der Waals surface area contributed by atoms with Gasteiger partial charge < -0.3 is 0 Å². The number of nitrogens with zero attached hydrogens (tertiary/aromatic N) is 2. The summed E-state index contributed by atoms with van der Waals surface area (Å²) in [7, 11) is 0. The number of hydrogen-bond acceptors (Lipinski definition) is 2. The number of rotatable bonds is 0. The van der Waals surface area contributed by atoms with Crippen molar-refractivity contribution in [1.82, 2.24) is 9.97 Å². The van der Waals surface area contributed by atoms with Crippen molar-refractivity contribution < 1.29 is 0 Å². The number of aromatic nitrogens is 2. The molecule has 2 rings (SSSR count). The van der Waals surface area contributed by atoms with E-state index >= 15 is 0 Å². The van der Waals surface area contributed by atoms with Crippen LogP contribution in [0.2, 0.25) is 0 Å². The summed E-state index contributed by atoms with van der Waals surface area (Å²) < 4.78 is 0. The van der Waals surface area contributed by atoms with Crippen LogP contribution in [-0.4, -0.2) is 9.97 Å². The highest BCUT2D eigenvalue weighted by Gasteiger charge is 2.29. The van der Waals surface area contributed by atoms with Gasteiger partial charge in [0.15, 0.2) is 0 Å². The van der Waals surface area contributed by atoms with E-state index in [1.54, 1.807) is 6.33 Å². The van der Waals surface area contributed by atoms with Gasteiger partial charge in [-0.3, -0.25) is 0 Å². The molecule has 0 unspecified atom stereocenters. The van der Waals surface area contributed by atoms with E-state index in [2.05, 4.69) is 37.7 Å². The highest BCUT2D eigenvalue weighted by molar-refractivity contribution is 5.36. The van der Waals surface area contributed by atoms with Crippen LogP contribution in [0.5, 0.6) is 0 Å². The van der Waals surface area contributed by atoms with Crippen LogP contribution in [0.15, 0.2) is 6.33 Å². The Morgan fingerprint density at radius 3 is 2.64 bits per heavy atom. The van der Waals surface area contributed by atoms with Crippen LogP contribution < -0.4 is 0 Å². The van der Waals surface area contributed by atoms with Gasteiger partial charge in [0.1, 0.15) is 6.33 Å². The Balaban J connectivity index is 2.58. The van der Waals surface area contributed by atoms with Crippen molar-refractivity contribution in [3.63, 3.8) is 0 Å². The molecular weight excluding hydrogens is 172 g/mol. The lowest BCUT2D eigenvalue weighted by Crippen LogP contribution is -2.17. The molecule has 0 saturated carbocycles. The molecule has 0 N–H and O–H groups in total. The maximum absolute atomic E-state index is 4.46. The van der Waals surface area contributed by atoms with Crippen molar-refractivity contribution in [2.24, 2.45) is 0 Å². The molecule has 0 fully saturated rings. The first kappa shape index (κ1) is 9.63. The van der Waals surface area contributed by atoms with Gasteiger partial charge in [0.25, 0.3) is 0 Å². The molecule has 1 aliphatic rings. The number of hydrogen-bond donors (Lipinski definition) is 0. The van der Waals surface area contributed by atoms with Crippen molar-refractivity contribution in [2.75, 3.05) is 0 Å². The molecular formula is C12H18N2. The van der Waals surface area contributed by atoms with Crippen LogP contribution in [-0.2, 0) is 11.8 Å². The van der Waals surface area contributed by atoms with E-state index in [1.807, 2.05) is 0 Å². The normalized spacial score (nSPS) is 21.0. The van der Waals surface area contributed by atoms with Crippen LogP contribution in [0.3, 0.4) is 0 Å². The molecule has 2 heteroatoms. The summed E-state index contributed by atoms with van der Waals surface area (Å²) in [5.74, 6) is 0.639. The zero-order valence-electron chi connectivity index (χ0n) is 9.46. The first-order valence-electron chi connectivity index (χ1n) is 5.34. The van der Waals surface area contributed by atoms with Crippen molar-refractivity contribution in [1.29, 1.82) is 0 Å². The maximum atomic E-state index is 4.46. The molecule has 1 aromatic heterocycles. The average molecular weight is 190 g/mol. The fourth-order valence-electron chi connectivity index (χ4n) is 2.24. The zero-order valence-corrected chi connectivity index (χ0v) is 9.46. The quantitative estimate of drug-likeness (QED) is 0.628. The predicted octanol–water partition coefficient (Wildman–Crippen LogP) is 2.82. The smallest absolute Gasteiger partial charge is 0.115 e. The lowest BCUT2D eigenvalue weighted by atomic mass is 9.86. The van der Waals surface area contributed by atoms with Gasteiger partial charge in [0.2, 0.25) is 0 Å². The van der Waals surface area contributed by atoms with E-state index in [0.717, 1.165) is 6.42 Å². The second-order valence-electron chi connectivity index (χ2n) is 5.27. The van der Waals surface area contributed by atoms with Crippen molar-refractivity contribution >= 4 is 0 Å². The van der Waals surface area contributed by atoms with Gasteiger partial charge in [0.05, 0.1) is 5.69 Å². The maximum Gasteiger partial charge on any atom is 0.115 e. The van der Waals surface area contributed by atoms with E-state index in [0.29, 0.717) is 5.92 Å². The molecule has 1 atom stereocenters. The Morgan fingerprint density at radius 1 is 1.29 bits per heavy atom. The number of fused-ring (bicyclic) bond motifs is 1. The molecule has 0 bridgehead atoms. The molecule has 0 aliphatic heterocycles. The van der Waals surface area contributed by atoms with E-state index in [4.69, 9.17) is 0 Å². The van der Waals surface area contributed by atoms with Gasteiger partial charge in [-0.15, -0.1) is 0 Å². The molecule has 14 heavy (non-hydrogen) atoms. The second kappa shape index (κ2) is 3.04. The zero-order chi connectivity index (χ0) is 10.3. The Hall–Kier alpha value is -0.920. The van der Waals surface area contributed by atoms with Crippen LogP contribution in [0.4, 0.5) is 0 Å². The Morgan fingerprint density at radius 2 is 2.00 bits per heavy atom. The summed E-state index contributed by atoms with van der Waals surface area (Å²) in [4.78, 5) is 8.83. The summed E-state index contributed by atoms with van der Waals surface area (Å²) in [5, 5.41) is 0. The van der Waals surface area contributed by atoms with Gasteiger partial charge in [-0.25, -0.2) is 9.97 Å². The lowest BCUT2D eigenvalue weighted by Gasteiger charge is -2.22. The highest BCUT2D eigenvalue weighted by atomic mass is 14.9. The molecule has 0 amide bonds. The van der Waals surface area contributed by atoms with E-state index in [-0.39, 0.29) is 5.41 Å². The van der Waals surface area contributed by atoms with Crippen molar-refractivity contribution in [3.05, 3.63) is 23.3 Å². The largest absolute Gasteiger partial charge is 0.241 e. The standard InChI is InChI=1S/C12H18N2/c1-8-5-6-9-10(8)11(12(2,3)4)14-7-13-9/h7-8H,5-6H2,1-4H3/t8-/m0/s1. The van der Waals surface area contributed by atoms with E-state index in [9.17, 15) is 0 Å². The van der Waals surface area contributed by atoms with Crippen molar-refractivity contribution in [3.8, 4) is 0 Å².